The van der Waals surface area contributed by atoms with Crippen molar-refractivity contribution in [2.75, 3.05) is 53.4 Å². The Kier molecular flexibility index (Phi) is 7.15. The number of likely N-dealkylation sites (N-methyl/N-ethyl adjacent to an activating group) is 1. The molecule has 6 nitrogen and oxygen atoms in total. The Labute approximate surface area is 162 Å². The molecule has 1 aliphatic heterocycles. The Morgan fingerprint density at radius 3 is 2.67 bits per heavy atom. The number of hydrogen-bond donors (Lipinski definition) is 0. The molecule has 27 heavy (non-hydrogen) atoms. The van der Waals surface area contributed by atoms with Crippen molar-refractivity contribution in [1.29, 1.82) is 0 Å². The van der Waals surface area contributed by atoms with Crippen molar-refractivity contribution in [1.82, 2.24) is 24.7 Å². The van der Waals surface area contributed by atoms with E-state index in [0.717, 1.165) is 57.3 Å². The largest absolute Gasteiger partial charge is 0.492 e. The summed E-state index contributed by atoms with van der Waals surface area (Å²) in [5.74, 6) is 0.980. The lowest BCUT2D eigenvalue weighted by molar-refractivity contribution is 0.133. The number of nitrogens with zero attached hydrogens (tertiary/aromatic N) is 5. The summed E-state index contributed by atoms with van der Waals surface area (Å²) in [4.78, 5) is 15.5. The fourth-order valence-electron chi connectivity index (χ4n) is 3.31. The van der Waals surface area contributed by atoms with Gasteiger partial charge in [-0.2, -0.15) is 0 Å². The summed E-state index contributed by atoms with van der Waals surface area (Å²) in [6, 6.07) is 10.5. The van der Waals surface area contributed by atoms with Gasteiger partial charge in [0.25, 0.3) is 0 Å². The normalized spacial score (nSPS) is 17.2. The van der Waals surface area contributed by atoms with E-state index < -0.39 is 0 Å². The molecular formula is C21H31N5O. The number of benzene rings is 1. The number of hydrogen-bond acceptors (Lipinski definition) is 6. The van der Waals surface area contributed by atoms with Crippen LogP contribution >= 0.6 is 0 Å². The molecule has 2 aromatic rings. The SMILES string of the molecule is C[C@@H](c1ccncn1)N(C)Cc1ccccc1OCCN1CCN(C)CC1. The van der Waals surface area contributed by atoms with E-state index in [1.807, 2.05) is 12.1 Å². The van der Waals surface area contributed by atoms with Gasteiger partial charge in [0.15, 0.2) is 0 Å². The van der Waals surface area contributed by atoms with E-state index in [2.05, 4.69) is 63.9 Å². The summed E-state index contributed by atoms with van der Waals surface area (Å²) in [7, 11) is 4.30. The molecule has 1 aliphatic rings. The van der Waals surface area contributed by atoms with Gasteiger partial charge in [0.2, 0.25) is 0 Å². The van der Waals surface area contributed by atoms with Crippen molar-refractivity contribution in [2.45, 2.75) is 19.5 Å². The molecular weight excluding hydrogens is 338 g/mol. The second-order valence-corrected chi connectivity index (χ2v) is 7.33. The highest BCUT2D eigenvalue weighted by Gasteiger charge is 2.16. The molecule has 2 heterocycles. The van der Waals surface area contributed by atoms with Crippen LogP contribution in [0.5, 0.6) is 5.75 Å². The molecule has 1 fully saturated rings. The van der Waals surface area contributed by atoms with Crippen LogP contribution in [-0.2, 0) is 6.54 Å². The molecule has 1 atom stereocenters. The summed E-state index contributed by atoms with van der Waals surface area (Å²) in [5.41, 5.74) is 2.24. The summed E-state index contributed by atoms with van der Waals surface area (Å²) in [6.45, 7) is 9.22. The minimum atomic E-state index is 0.214. The standard InChI is InChI=1S/C21H31N5O/c1-18(20-8-9-22-17-23-20)25(3)16-19-6-4-5-7-21(19)27-15-14-26-12-10-24(2)11-13-26/h4-9,17-18H,10-16H2,1-3H3/t18-/m0/s1. The van der Waals surface area contributed by atoms with Gasteiger partial charge >= 0.3 is 0 Å². The predicted octanol–water partition coefficient (Wildman–Crippen LogP) is 2.30. The van der Waals surface area contributed by atoms with Crippen molar-refractivity contribution < 1.29 is 4.74 Å². The first-order valence-corrected chi connectivity index (χ1v) is 9.71. The highest BCUT2D eigenvalue weighted by atomic mass is 16.5. The zero-order valence-electron chi connectivity index (χ0n) is 16.7. The third-order valence-corrected chi connectivity index (χ3v) is 5.35. The molecule has 0 unspecified atom stereocenters. The maximum Gasteiger partial charge on any atom is 0.123 e. The van der Waals surface area contributed by atoms with Crippen LogP contribution < -0.4 is 4.74 Å². The quantitative estimate of drug-likeness (QED) is 0.711. The van der Waals surface area contributed by atoms with Gasteiger partial charge in [0.05, 0.1) is 5.69 Å². The van der Waals surface area contributed by atoms with Crippen molar-refractivity contribution in [3.63, 3.8) is 0 Å². The van der Waals surface area contributed by atoms with Gasteiger partial charge in [-0.05, 0) is 33.2 Å². The third-order valence-electron chi connectivity index (χ3n) is 5.35. The molecule has 6 heteroatoms. The Hall–Kier alpha value is -2.02. The number of rotatable bonds is 8. The lowest BCUT2D eigenvalue weighted by atomic mass is 10.1. The van der Waals surface area contributed by atoms with Crippen LogP contribution in [0.15, 0.2) is 42.9 Å². The van der Waals surface area contributed by atoms with E-state index in [0.29, 0.717) is 0 Å². The van der Waals surface area contributed by atoms with Crippen LogP contribution in [0, 0.1) is 0 Å². The van der Waals surface area contributed by atoms with Gasteiger partial charge in [0.1, 0.15) is 18.7 Å². The molecule has 146 valence electrons. The lowest BCUT2D eigenvalue weighted by Gasteiger charge is -2.32. The summed E-state index contributed by atoms with van der Waals surface area (Å²) in [6.07, 6.45) is 3.40. The summed E-state index contributed by atoms with van der Waals surface area (Å²) >= 11 is 0. The van der Waals surface area contributed by atoms with E-state index in [1.54, 1.807) is 12.5 Å². The van der Waals surface area contributed by atoms with Crippen LogP contribution in [0.2, 0.25) is 0 Å². The molecule has 1 aromatic heterocycles. The van der Waals surface area contributed by atoms with Gasteiger partial charge in [-0.25, -0.2) is 9.97 Å². The topological polar surface area (TPSA) is 44.7 Å². The van der Waals surface area contributed by atoms with E-state index in [1.165, 1.54) is 5.56 Å². The minimum absolute atomic E-state index is 0.214. The van der Waals surface area contributed by atoms with Gasteiger partial charge in [-0.15, -0.1) is 0 Å². The van der Waals surface area contributed by atoms with Crippen LogP contribution in [-0.4, -0.2) is 78.1 Å². The third kappa shape index (κ3) is 5.73. The van der Waals surface area contributed by atoms with Gasteiger partial charge in [-0.1, -0.05) is 18.2 Å². The van der Waals surface area contributed by atoms with E-state index in [9.17, 15) is 0 Å². The molecule has 0 saturated carbocycles. The first-order valence-electron chi connectivity index (χ1n) is 9.71. The molecule has 0 amide bonds. The van der Waals surface area contributed by atoms with Crippen molar-refractivity contribution in [2.24, 2.45) is 0 Å². The zero-order chi connectivity index (χ0) is 19.1. The van der Waals surface area contributed by atoms with E-state index in [4.69, 9.17) is 4.74 Å². The minimum Gasteiger partial charge on any atom is -0.492 e. The van der Waals surface area contributed by atoms with E-state index in [-0.39, 0.29) is 6.04 Å². The lowest BCUT2D eigenvalue weighted by Crippen LogP contribution is -2.45. The molecule has 0 aliphatic carbocycles. The molecule has 0 radical (unpaired) electrons. The predicted molar refractivity (Wildman–Crippen MR) is 108 cm³/mol. The maximum atomic E-state index is 6.15. The second kappa shape index (κ2) is 9.78. The first kappa shape index (κ1) is 19.7. The van der Waals surface area contributed by atoms with Crippen LogP contribution in [0.25, 0.3) is 0 Å². The number of piperazine rings is 1. The molecule has 0 bridgehead atoms. The highest BCUT2D eigenvalue weighted by Crippen LogP contribution is 2.24. The Morgan fingerprint density at radius 1 is 1.15 bits per heavy atom. The molecule has 1 aromatic carbocycles. The van der Waals surface area contributed by atoms with Crippen LogP contribution in [0.3, 0.4) is 0 Å². The molecule has 0 spiro atoms. The van der Waals surface area contributed by atoms with Crippen molar-refractivity contribution >= 4 is 0 Å². The Bertz CT molecular complexity index is 688. The number of para-hydroxylation sites is 1. The van der Waals surface area contributed by atoms with Gasteiger partial charge in [-0.3, -0.25) is 9.80 Å². The van der Waals surface area contributed by atoms with Crippen molar-refractivity contribution in [3.8, 4) is 5.75 Å². The smallest absolute Gasteiger partial charge is 0.123 e. The number of ether oxygens (including phenoxy) is 1. The first-order chi connectivity index (χ1) is 13.1. The second-order valence-electron chi connectivity index (χ2n) is 7.33. The average molecular weight is 370 g/mol. The summed E-state index contributed by atoms with van der Waals surface area (Å²) < 4.78 is 6.15. The van der Waals surface area contributed by atoms with Crippen LogP contribution in [0.1, 0.15) is 24.2 Å². The monoisotopic (exact) mass is 369 g/mol. The fraction of sp³-hybridized carbons (Fsp3) is 0.524. The highest BCUT2D eigenvalue weighted by molar-refractivity contribution is 5.33. The molecule has 3 rings (SSSR count). The fourth-order valence-corrected chi connectivity index (χ4v) is 3.31. The zero-order valence-corrected chi connectivity index (χ0v) is 16.7. The summed E-state index contributed by atoms with van der Waals surface area (Å²) in [5, 5.41) is 0. The molecule has 0 N–H and O–H groups in total. The maximum absolute atomic E-state index is 6.15. The number of aromatic nitrogens is 2. The average Bonchev–Trinajstić information content (AvgIpc) is 2.71. The Balaban J connectivity index is 1.54. The van der Waals surface area contributed by atoms with Crippen LogP contribution in [0.4, 0.5) is 0 Å². The van der Waals surface area contributed by atoms with Gasteiger partial charge in [0, 0.05) is 57.1 Å². The van der Waals surface area contributed by atoms with Gasteiger partial charge < -0.3 is 9.64 Å². The molecule has 1 saturated heterocycles. The Morgan fingerprint density at radius 2 is 1.93 bits per heavy atom. The van der Waals surface area contributed by atoms with Crippen molar-refractivity contribution in [3.05, 3.63) is 54.1 Å². The van der Waals surface area contributed by atoms with E-state index >= 15 is 0 Å².